The maximum absolute atomic E-state index is 12.4. The summed E-state index contributed by atoms with van der Waals surface area (Å²) in [5.41, 5.74) is 6.88. The summed E-state index contributed by atoms with van der Waals surface area (Å²) >= 11 is 2.56. The number of nitrogens with one attached hydrogen (secondary N) is 1. The lowest BCUT2D eigenvalue weighted by Crippen LogP contribution is -2.23. The molecule has 22 heavy (non-hydrogen) atoms. The minimum atomic E-state index is -0.450. The van der Waals surface area contributed by atoms with Gasteiger partial charge in [0, 0.05) is 10.9 Å². The topological polar surface area (TPSA) is 88.8 Å². The zero-order chi connectivity index (χ0) is 15.7. The Morgan fingerprint density at radius 3 is 2.77 bits per heavy atom. The summed E-state index contributed by atoms with van der Waals surface area (Å²) in [5, 5.41) is 2.46. The van der Waals surface area contributed by atoms with Crippen molar-refractivity contribution in [3.63, 3.8) is 0 Å². The van der Waals surface area contributed by atoms with Crippen molar-refractivity contribution >= 4 is 39.2 Å². The maximum atomic E-state index is 12.4. The summed E-state index contributed by atoms with van der Waals surface area (Å²) in [6.07, 6.45) is 0. The molecule has 1 aromatic carbocycles. The first-order valence-electron chi connectivity index (χ1n) is 6.59. The second kappa shape index (κ2) is 5.94. The number of fused-ring (bicyclic) bond motifs is 1. The van der Waals surface area contributed by atoms with Crippen LogP contribution in [-0.4, -0.2) is 21.1 Å². The Bertz CT molecular complexity index is 887. The number of thioether (sulfide) groups is 1. The lowest BCUT2D eigenvalue weighted by atomic mass is 10.1. The van der Waals surface area contributed by atoms with Gasteiger partial charge in [0.15, 0.2) is 5.16 Å². The number of aromatic nitrogens is 2. The van der Waals surface area contributed by atoms with Gasteiger partial charge in [-0.1, -0.05) is 42.1 Å². The van der Waals surface area contributed by atoms with Crippen molar-refractivity contribution in [1.29, 1.82) is 0 Å². The number of thiophene rings is 1. The number of nitrogens with zero attached hydrogens (tertiary/aromatic N) is 1. The Labute approximate surface area is 134 Å². The summed E-state index contributed by atoms with van der Waals surface area (Å²) in [5.74, 6) is -0.441. The van der Waals surface area contributed by atoms with Crippen LogP contribution in [0.3, 0.4) is 0 Å². The Kier molecular flexibility index (Phi) is 4.00. The van der Waals surface area contributed by atoms with E-state index in [1.54, 1.807) is 6.92 Å². The molecular weight excluding hydrogens is 318 g/mol. The van der Waals surface area contributed by atoms with Crippen LogP contribution in [0.15, 0.2) is 45.7 Å². The molecule has 2 aromatic heterocycles. The third-order valence-corrected chi connectivity index (χ3v) is 5.07. The number of amides is 1. The Balaban J connectivity index is 2.07. The number of rotatable bonds is 4. The second-order valence-corrected chi connectivity index (χ2v) is 6.92. The highest BCUT2D eigenvalue weighted by Gasteiger charge is 2.16. The van der Waals surface area contributed by atoms with Crippen LogP contribution in [-0.2, 0) is 4.79 Å². The molecule has 1 amide bonds. The highest BCUT2D eigenvalue weighted by Crippen LogP contribution is 2.31. The van der Waals surface area contributed by atoms with Gasteiger partial charge in [0.2, 0.25) is 5.91 Å². The number of nitrogens with two attached hydrogens (primary N) is 1. The van der Waals surface area contributed by atoms with E-state index >= 15 is 0 Å². The Hall–Kier alpha value is -2.12. The molecule has 5 nitrogen and oxygen atoms in total. The highest BCUT2D eigenvalue weighted by molar-refractivity contribution is 8.00. The van der Waals surface area contributed by atoms with E-state index in [0.717, 1.165) is 22.9 Å². The third-order valence-electron chi connectivity index (χ3n) is 3.20. The van der Waals surface area contributed by atoms with Gasteiger partial charge in [-0.25, -0.2) is 4.98 Å². The molecule has 2 heterocycles. The molecular formula is C15H13N3O2S2. The summed E-state index contributed by atoms with van der Waals surface area (Å²) in [6.45, 7) is 1.68. The van der Waals surface area contributed by atoms with E-state index in [2.05, 4.69) is 9.97 Å². The third kappa shape index (κ3) is 2.77. The average molecular weight is 331 g/mol. The fourth-order valence-electron chi connectivity index (χ4n) is 2.04. The first kappa shape index (κ1) is 14.8. The summed E-state index contributed by atoms with van der Waals surface area (Å²) in [7, 11) is 0. The lowest BCUT2D eigenvalue weighted by molar-refractivity contribution is -0.117. The minimum absolute atomic E-state index is 0.204. The maximum Gasteiger partial charge on any atom is 0.260 e. The number of carbonyl (C=O) groups is 1. The fraction of sp³-hybridized carbons (Fsp3) is 0.133. The molecule has 0 aliphatic rings. The van der Waals surface area contributed by atoms with Gasteiger partial charge in [-0.3, -0.25) is 9.59 Å². The van der Waals surface area contributed by atoms with Crippen molar-refractivity contribution in [2.24, 2.45) is 5.73 Å². The Morgan fingerprint density at radius 1 is 1.36 bits per heavy atom. The Morgan fingerprint density at radius 2 is 2.09 bits per heavy atom. The molecule has 3 N–H and O–H groups in total. The molecule has 0 saturated heterocycles. The molecule has 7 heteroatoms. The first-order valence-corrected chi connectivity index (χ1v) is 8.35. The fourth-order valence-corrected chi connectivity index (χ4v) is 3.79. The molecule has 0 bridgehead atoms. The number of aromatic amines is 1. The van der Waals surface area contributed by atoms with E-state index in [-0.39, 0.29) is 5.56 Å². The smallest absolute Gasteiger partial charge is 0.260 e. The van der Waals surface area contributed by atoms with Crippen LogP contribution in [0.4, 0.5) is 0 Å². The van der Waals surface area contributed by atoms with Crippen LogP contribution in [0.2, 0.25) is 0 Å². The van der Waals surface area contributed by atoms with Gasteiger partial charge < -0.3 is 10.7 Å². The van der Waals surface area contributed by atoms with Crippen molar-refractivity contribution < 1.29 is 4.79 Å². The molecule has 0 unspecified atom stereocenters. The van der Waals surface area contributed by atoms with Crippen LogP contribution in [0, 0.1) is 0 Å². The van der Waals surface area contributed by atoms with Gasteiger partial charge in [0.1, 0.15) is 4.83 Å². The van der Waals surface area contributed by atoms with Crippen molar-refractivity contribution in [3.05, 3.63) is 46.1 Å². The van der Waals surface area contributed by atoms with E-state index in [0.29, 0.717) is 15.4 Å². The zero-order valence-electron chi connectivity index (χ0n) is 11.7. The standard InChI is InChI=1S/C15H13N3O2S2/c1-8(12(16)19)22-15-17-13(20)11-10(7-21-14(11)18-15)9-5-3-2-4-6-9/h2-8H,1H3,(H2,16,19)(H,17,18,20)/t8-/m0/s1. The van der Waals surface area contributed by atoms with Gasteiger partial charge in [-0.2, -0.15) is 0 Å². The quantitative estimate of drug-likeness (QED) is 0.568. The first-order chi connectivity index (χ1) is 10.6. The normalized spacial score (nSPS) is 12.4. The monoisotopic (exact) mass is 331 g/mol. The predicted molar refractivity (Wildman–Crippen MR) is 90.2 cm³/mol. The minimum Gasteiger partial charge on any atom is -0.369 e. The van der Waals surface area contributed by atoms with E-state index in [1.165, 1.54) is 11.3 Å². The van der Waals surface area contributed by atoms with E-state index in [1.807, 2.05) is 35.7 Å². The van der Waals surface area contributed by atoms with Crippen molar-refractivity contribution in [2.45, 2.75) is 17.3 Å². The van der Waals surface area contributed by atoms with Crippen molar-refractivity contribution in [1.82, 2.24) is 9.97 Å². The summed E-state index contributed by atoms with van der Waals surface area (Å²) < 4.78 is 0. The number of H-pyrrole nitrogens is 1. The number of hydrogen-bond acceptors (Lipinski definition) is 5. The molecule has 0 saturated carbocycles. The van der Waals surface area contributed by atoms with Gasteiger partial charge in [0.05, 0.1) is 10.6 Å². The summed E-state index contributed by atoms with van der Waals surface area (Å²) in [6, 6.07) is 9.70. The molecule has 0 radical (unpaired) electrons. The number of carbonyl (C=O) groups excluding carboxylic acids is 1. The van der Waals surface area contributed by atoms with Crippen LogP contribution < -0.4 is 11.3 Å². The highest BCUT2D eigenvalue weighted by atomic mass is 32.2. The van der Waals surface area contributed by atoms with Crippen LogP contribution in [0.1, 0.15) is 6.92 Å². The van der Waals surface area contributed by atoms with Crippen molar-refractivity contribution in [3.8, 4) is 11.1 Å². The molecule has 0 aliphatic carbocycles. The number of primary amides is 1. The largest absolute Gasteiger partial charge is 0.369 e. The van der Waals surface area contributed by atoms with Crippen LogP contribution >= 0.6 is 23.1 Å². The average Bonchev–Trinajstić information content (AvgIpc) is 2.92. The zero-order valence-corrected chi connectivity index (χ0v) is 13.3. The van der Waals surface area contributed by atoms with Gasteiger partial charge in [-0.05, 0) is 12.5 Å². The molecule has 0 spiro atoms. The SMILES string of the molecule is C[C@H](Sc1nc2scc(-c3ccccc3)c2c(=O)[nH]1)C(N)=O. The van der Waals surface area contributed by atoms with Crippen LogP contribution in [0.25, 0.3) is 21.3 Å². The molecule has 0 fully saturated rings. The second-order valence-electron chi connectivity index (χ2n) is 4.73. The van der Waals surface area contributed by atoms with E-state index in [4.69, 9.17) is 5.73 Å². The molecule has 1 atom stereocenters. The lowest BCUT2D eigenvalue weighted by Gasteiger charge is -2.05. The van der Waals surface area contributed by atoms with E-state index in [9.17, 15) is 9.59 Å². The van der Waals surface area contributed by atoms with Crippen molar-refractivity contribution in [2.75, 3.05) is 0 Å². The van der Waals surface area contributed by atoms with Gasteiger partial charge >= 0.3 is 0 Å². The van der Waals surface area contributed by atoms with E-state index < -0.39 is 11.2 Å². The number of benzene rings is 1. The molecule has 112 valence electrons. The molecule has 3 rings (SSSR count). The predicted octanol–water partition coefficient (Wildman–Crippen LogP) is 2.62. The van der Waals surface area contributed by atoms with Crippen LogP contribution in [0.5, 0.6) is 0 Å². The molecule has 0 aliphatic heterocycles. The summed E-state index contributed by atoms with van der Waals surface area (Å²) in [4.78, 5) is 31.3. The van der Waals surface area contributed by atoms with Gasteiger partial charge in [0.25, 0.3) is 5.56 Å². The number of hydrogen-bond donors (Lipinski definition) is 2. The molecule has 3 aromatic rings. The van der Waals surface area contributed by atoms with Gasteiger partial charge in [-0.15, -0.1) is 11.3 Å².